The molecule has 7 nitrogen and oxygen atoms in total. The predicted molar refractivity (Wildman–Crippen MR) is 167 cm³/mol. The van der Waals surface area contributed by atoms with E-state index in [9.17, 15) is 13.2 Å². The van der Waals surface area contributed by atoms with Crippen molar-refractivity contribution in [3.63, 3.8) is 0 Å². The Morgan fingerprint density at radius 3 is 2.43 bits per heavy atom. The number of alkyl halides is 3. The minimum atomic E-state index is -4.60. The molecule has 0 bridgehead atoms. The van der Waals surface area contributed by atoms with Crippen LogP contribution in [-0.2, 0) is 25.7 Å². The lowest BCUT2D eigenvalue weighted by atomic mass is 9.83. The molecular weight excluding hydrogens is 591 g/mol. The molecule has 0 radical (unpaired) electrons. The SMILES string of the molecule is CNCc1ccc(-c2nccc(-c3cccc4c3CCCC4Nc3nc(OC)c(CNC)cc3C(F)(F)F)c2Cl)cc1OC. The summed E-state index contributed by atoms with van der Waals surface area (Å²) in [5.41, 5.74) is 5.63. The molecule has 232 valence electrons. The lowest BCUT2D eigenvalue weighted by Gasteiger charge is -2.30. The second-order valence-corrected chi connectivity index (χ2v) is 11.0. The molecule has 2 heterocycles. The molecule has 0 saturated heterocycles. The molecule has 3 N–H and O–H groups in total. The summed E-state index contributed by atoms with van der Waals surface area (Å²) in [6, 6.07) is 14.3. The molecule has 1 atom stereocenters. The van der Waals surface area contributed by atoms with Crippen LogP contribution in [-0.4, -0.2) is 38.3 Å². The summed E-state index contributed by atoms with van der Waals surface area (Å²) in [5.74, 6) is 0.622. The molecule has 0 saturated carbocycles. The molecule has 1 unspecified atom stereocenters. The number of nitrogens with one attached hydrogen (secondary N) is 3. The first kappa shape index (κ1) is 31.6. The summed E-state index contributed by atoms with van der Waals surface area (Å²) in [5, 5.41) is 9.62. The van der Waals surface area contributed by atoms with Crippen molar-refractivity contribution in [2.75, 3.05) is 33.6 Å². The van der Waals surface area contributed by atoms with Crippen molar-refractivity contribution in [1.82, 2.24) is 20.6 Å². The summed E-state index contributed by atoms with van der Waals surface area (Å²) >= 11 is 7.04. The van der Waals surface area contributed by atoms with Gasteiger partial charge in [-0.15, -0.1) is 0 Å². The van der Waals surface area contributed by atoms with Gasteiger partial charge in [-0.05, 0) is 68.2 Å². The molecule has 0 aliphatic heterocycles. The first-order valence-electron chi connectivity index (χ1n) is 14.3. The maximum Gasteiger partial charge on any atom is 0.419 e. The maximum absolute atomic E-state index is 14.2. The van der Waals surface area contributed by atoms with Crippen LogP contribution in [0.4, 0.5) is 19.0 Å². The third kappa shape index (κ3) is 6.33. The van der Waals surface area contributed by atoms with E-state index in [1.165, 1.54) is 7.11 Å². The number of hydrogen-bond acceptors (Lipinski definition) is 7. The van der Waals surface area contributed by atoms with E-state index in [0.29, 0.717) is 29.2 Å². The third-order valence-electron chi connectivity index (χ3n) is 7.85. The third-order valence-corrected chi connectivity index (χ3v) is 8.24. The van der Waals surface area contributed by atoms with Gasteiger partial charge in [0.15, 0.2) is 0 Å². The monoisotopic (exact) mass is 625 g/mol. The Bertz CT molecular complexity index is 1650. The lowest BCUT2D eigenvalue weighted by Crippen LogP contribution is -2.22. The number of methoxy groups -OCH3 is 2. The molecule has 0 amide bonds. The highest BCUT2D eigenvalue weighted by atomic mass is 35.5. The van der Waals surface area contributed by atoms with Crippen LogP contribution in [0.1, 0.15) is 46.7 Å². The molecule has 2 aromatic carbocycles. The fourth-order valence-electron chi connectivity index (χ4n) is 5.86. The summed E-state index contributed by atoms with van der Waals surface area (Å²) in [6.07, 6.45) is -0.699. The van der Waals surface area contributed by atoms with Gasteiger partial charge in [-0.1, -0.05) is 41.9 Å². The van der Waals surface area contributed by atoms with Gasteiger partial charge in [-0.25, -0.2) is 0 Å². The second kappa shape index (κ2) is 13.4. The lowest BCUT2D eigenvalue weighted by molar-refractivity contribution is -0.137. The van der Waals surface area contributed by atoms with Crippen LogP contribution < -0.4 is 25.4 Å². The Hall–Kier alpha value is -3.86. The average Bonchev–Trinajstić information content (AvgIpc) is 3.01. The van der Waals surface area contributed by atoms with Gasteiger partial charge in [0.1, 0.15) is 11.6 Å². The maximum atomic E-state index is 14.2. The van der Waals surface area contributed by atoms with Gasteiger partial charge < -0.3 is 25.4 Å². The van der Waals surface area contributed by atoms with Gasteiger partial charge in [0, 0.05) is 41.5 Å². The van der Waals surface area contributed by atoms with Crippen LogP contribution in [0, 0.1) is 0 Å². The molecule has 5 rings (SSSR count). The van der Waals surface area contributed by atoms with Crippen LogP contribution in [0.3, 0.4) is 0 Å². The number of hydrogen-bond donors (Lipinski definition) is 3. The van der Waals surface area contributed by atoms with Gasteiger partial charge in [-0.2, -0.15) is 18.2 Å². The van der Waals surface area contributed by atoms with E-state index in [0.717, 1.165) is 58.0 Å². The van der Waals surface area contributed by atoms with Crippen LogP contribution >= 0.6 is 11.6 Å². The summed E-state index contributed by atoms with van der Waals surface area (Å²) in [4.78, 5) is 8.87. The predicted octanol–water partition coefficient (Wildman–Crippen LogP) is 7.43. The highest BCUT2D eigenvalue weighted by Crippen LogP contribution is 2.44. The van der Waals surface area contributed by atoms with Crippen molar-refractivity contribution in [2.24, 2.45) is 0 Å². The van der Waals surface area contributed by atoms with Crippen molar-refractivity contribution in [1.29, 1.82) is 0 Å². The van der Waals surface area contributed by atoms with E-state index >= 15 is 0 Å². The summed E-state index contributed by atoms with van der Waals surface area (Å²) in [6.45, 7) is 0.847. The molecule has 4 aromatic rings. The van der Waals surface area contributed by atoms with E-state index in [2.05, 4.69) is 25.9 Å². The largest absolute Gasteiger partial charge is 0.496 e. The number of benzene rings is 2. The number of rotatable bonds is 10. The van der Waals surface area contributed by atoms with Gasteiger partial charge >= 0.3 is 6.18 Å². The molecule has 44 heavy (non-hydrogen) atoms. The fourth-order valence-corrected chi connectivity index (χ4v) is 6.18. The molecule has 1 aliphatic rings. The van der Waals surface area contributed by atoms with Gasteiger partial charge in [0.05, 0.1) is 36.5 Å². The topological polar surface area (TPSA) is 80.3 Å². The number of aromatic nitrogens is 2. The molecule has 0 spiro atoms. The van der Waals surface area contributed by atoms with Gasteiger partial charge in [0.2, 0.25) is 5.88 Å². The Kier molecular flexibility index (Phi) is 9.62. The number of anilines is 1. The zero-order valence-corrected chi connectivity index (χ0v) is 25.8. The standard InChI is InChI=1S/C33H35ClF3N5O2/c1-38-17-20-12-11-19(16-28(20)43-3)30-29(34)25(13-14-40-30)23-7-5-9-24-22(23)8-6-10-27(24)41-31-26(33(35,36)37)15-21(18-39-2)32(42-31)44-4/h5,7,9,11-16,27,38-39H,6,8,10,17-18H2,1-4H3,(H,41,42). The smallest absolute Gasteiger partial charge is 0.419 e. The molecule has 0 fully saturated rings. The van der Waals surface area contributed by atoms with Crippen LogP contribution in [0.5, 0.6) is 11.6 Å². The van der Waals surface area contributed by atoms with E-state index in [-0.39, 0.29) is 18.2 Å². The van der Waals surface area contributed by atoms with E-state index in [1.807, 2.05) is 49.5 Å². The Morgan fingerprint density at radius 1 is 0.955 bits per heavy atom. The van der Waals surface area contributed by atoms with Crippen molar-refractivity contribution in [2.45, 2.75) is 44.6 Å². The number of ether oxygens (including phenoxy) is 2. The summed E-state index contributed by atoms with van der Waals surface area (Å²) < 4.78 is 53.5. The average molecular weight is 626 g/mol. The number of nitrogens with zero attached hydrogens (tertiary/aromatic N) is 2. The second-order valence-electron chi connectivity index (χ2n) is 10.6. The van der Waals surface area contributed by atoms with Crippen LogP contribution in [0.2, 0.25) is 5.02 Å². The van der Waals surface area contributed by atoms with E-state index in [1.54, 1.807) is 20.4 Å². The highest BCUT2D eigenvalue weighted by Gasteiger charge is 2.37. The number of fused-ring (bicyclic) bond motifs is 1. The van der Waals surface area contributed by atoms with E-state index < -0.39 is 17.8 Å². The van der Waals surface area contributed by atoms with Crippen molar-refractivity contribution in [3.05, 3.63) is 87.6 Å². The molecule has 2 aromatic heterocycles. The Labute approximate surface area is 260 Å². The van der Waals surface area contributed by atoms with Crippen molar-refractivity contribution >= 4 is 17.4 Å². The van der Waals surface area contributed by atoms with Crippen LogP contribution in [0.15, 0.2) is 54.7 Å². The summed E-state index contributed by atoms with van der Waals surface area (Å²) in [7, 11) is 6.56. The Morgan fingerprint density at radius 2 is 1.73 bits per heavy atom. The van der Waals surface area contributed by atoms with E-state index in [4.69, 9.17) is 21.1 Å². The normalized spacial score (nSPS) is 14.7. The highest BCUT2D eigenvalue weighted by molar-refractivity contribution is 6.35. The van der Waals surface area contributed by atoms with Gasteiger partial charge in [0.25, 0.3) is 0 Å². The zero-order valence-electron chi connectivity index (χ0n) is 25.0. The fraction of sp³-hybridized carbons (Fsp3) is 0.333. The van der Waals surface area contributed by atoms with Crippen molar-refractivity contribution < 1.29 is 22.6 Å². The van der Waals surface area contributed by atoms with Gasteiger partial charge in [-0.3, -0.25) is 4.98 Å². The zero-order chi connectivity index (χ0) is 31.4. The quantitative estimate of drug-likeness (QED) is 0.169. The minimum absolute atomic E-state index is 0.145. The first-order chi connectivity index (χ1) is 21.2. The number of pyridine rings is 2. The minimum Gasteiger partial charge on any atom is -0.496 e. The molecular formula is C33H35ClF3N5O2. The van der Waals surface area contributed by atoms with Crippen LogP contribution in [0.25, 0.3) is 22.4 Å². The molecule has 11 heteroatoms. The Balaban J connectivity index is 1.54. The number of halogens is 4. The first-order valence-corrected chi connectivity index (χ1v) is 14.7. The molecule has 1 aliphatic carbocycles. The van der Waals surface area contributed by atoms with Crippen molar-refractivity contribution in [3.8, 4) is 34.0 Å².